The molecule has 2 rings (SSSR count). The summed E-state index contributed by atoms with van der Waals surface area (Å²) in [6.07, 6.45) is 1.54. The fraction of sp³-hybridized carbons (Fsp3) is 0. The van der Waals surface area contributed by atoms with Gasteiger partial charge in [-0.25, -0.2) is 0 Å². The first-order chi connectivity index (χ1) is 7.70. The van der Waals surface area contributed by atoms with Gasteiger partial charge in [-0.15, -0.1) is 0 Å². The normalized spacial score (nSPS) is 10.0. The number of aromatic amines is 1. The number of hydrogen-bond donors (Lipinski definition) is 2. The van der Waals surface area contributed by atoms with Crippen LogP contribution in [0.5, 0.6) is 0 Å². The highest BCUT2D eigenvalue weighted by Gasteiger charge is 2.10. The van der Waals surface area contributed by atoms with E-state index < -0.39 is 5.91 Å². The monoisotopic (exact) mass is 214 g/mol. The van der Waals surface area contributed by atoms with Crippen molar-refractivity contribution in [2.45, 2.75) is 0 Å². The number of hydrogen-bond acceptors (Lipinski definition) is 2. The maximum atomic E-state index is 11.6. The first-order valence-electron chi connectivity index (χ1n) is 4.77. The summed E-state index contributed by atoms with van der Waals surface area (Å²) in [6.45, 7) is 0. The van der Waals surface area contributed by atoms with Gasteiger partial charge in [-0.2, -0.15) is 0 Å². The molecule has 0 aliphatic rings. The average Bonchev–Trinajstić information content (AvgIpc) is 2.29. The quantitative estimate of drug-likeness (QED) is 0.786. The lowest BCUT2D eigenvalue weighted by Crippen LogP contribution is -2.15. The zero-order valence-electron chi connectivity index (χ0n) is 8.44. The lowest BCUT2D eigenvalue weighted by molar-refractivity contribution is 0.100. The predicted octanol–water partition coefficient (Wildman–Crippen LogP) is 1.14. The zero-order chi connectivity index (χ0) is 11.5. The van der Waals surface area contributed by atoms with Crippen molar-refractivity contribution in [2.75, 3.05) is 0 Å². The second-order valence-corrected chi connectivity index (χ2v) is 3.32. The molecule has 0 radical (unpaired) electrons. The number of amides is 1. The Kier molecular flexibility index (Phi) is 2.55. The summed E-state index contributed by atoms with van der Waals surface area (Å²) in [6, 6.07) is 10.1. The standard InChI is InChI=1S/C12H10N2O2/c13-11(15)9-5-2-1-4-8(9)10-6-3-7-14-12(10)16/h1-7H,(H2,13,15)(H,14,16). The number of primary amides is 1. The van der Waals surface area contributed by atoms with E-state index in [-0.39, 0.29) is 5.56 Å². The van der Waals surface area contributed by atoms with E-state index in [0.29, 0.717) is 16.7 Å². The van der Waals surface area contributed by atoms with Gasteiger partial charge in [0, 0.05) is 17.3 Å². The van der Waals surface area contributed by atoms with E-state index in [0.717, 1.165) is 0 Å². The molecule has 0 atom stereocenters. The number of nitrogens with one attached hydrogen (secondary N) is 1. The minimum absolute atomic E-state index is 0.240. The van der Waals surface area contributed by atoms with Crippen LogP contribution in [0.1, 0.15) is 10.4 Å². The second-order valence-electron chi connectivity index (χ2n) is 3.32. The van der Waals surface area contributed by atoms with Gasteiger partial charge in [-0.3, -0.25) is 9.59 Å². The summed E-state index contributed by atoms with van der Waals surface area (Å²) in [5.74, 6) is -0.543. The van der Waals surface area contributed by atoms with Gasteiger partial charge in [0.1, 0.15) is 0 Å². The molecule has 1 aromatic heterocycles. The molecule has 0 unspecified atom stereocenters. The fourth-order valence-electron chi connectivity index (χ4n) is 1.57. The van der Waals surface area contributed by atoms with Crippen LogP contribution in [0, 0.1) is 0 Å². The van der Waals surface area contributed by atoms with E-state index in [2.05, 4.69) is 4.98 Å². The third-order valence-corrected chi connectivity index (χ3v) is 2.30. The van der Waals surface area contributed by atoms with Gasteiger partial charge in [-0.05, 0) is 23.8 Å². The van der Waals surface area contributed by atoms with Crippen molar-refractivity contribution in [2.24, 2.45) is 5.73 Å². The highest BCUT2D eigenvalue weighted by Crippen LogP contribution is 2.19. The number of carbonyl (C=O) groups excluding carboxylic acids is 1. The highest BCUT2D eigenvalue weighted by molar-refractivity contribution is 5.99. The smallest absolute Gasteiger partial charge is 0.255 e. The molecule has 3 N–H and O–H groups in total. The van der Waals surface area contributed by atoms with Crippen LogP contribution in [-0.2, 0) is 0 Å². The van der Waals surface area contributed by atoms with Crippen LogP contribution in [0.15, 0.2) is 47.4 Å². The number of nitrogens with two attached hydrogens (primary N) is 1. The molecule has 0 aliphatic carbocycles. The molecule has 1 amide bonds. The van der Waals surface area contributed by atoms with Crippen molar-refractivity contribution in [1.82, 2.24) is 4.98 Å². The Morgan fingerprint density at radius 1 is 1.06 bits per heavy atom. The molecule has 80 valence electrons. The van der Waals surface area contributed by atoms with Gasteiger partial charge >= 0.3 is 0 Å². The fourth-order valence-corrected chi connectivity index (χ4v) is 1.57. The lowest BCUT2D eigenvalue weighted by Gasteiger charge is -2.04. The van der Waals surface area contributed by atoms with Crippen LogP contribution in [0.2, 0.25) is 0 Å². The number of aromatic nitrogens is 1. The Bertz CT molecular complexity index is 587. The third-order valence-electron chi connectivity index (χ3n) is 2.30. The van der Waals surface area contributed by atoms with Crippen LogP contribution in [0.3, 0.4) is 0 Å². The summed E-state index contributed by atoms with van der Waals surface area (Å²) in [5.41, 5.74) is 6.35. The van der Waals surface area contributed by atoms with E-state index in [1.807, 2.05) is 0 Å². The molecule has 0 bridgehead atoms. The number of rotatable bonds is 2. The Morgan fingerprint density at radius 2 is 1.75 bits per heavy atom. The first kappa shape index (κ1) is 10.2. The Morgan fingerprint density at radius 3 is 2.44 bits per heavy atom. The predicted molar refractivity (Wildman–Crippen MR) is 61.0 cm³/mol. The topological polar surface area (TPSA) is 76.0 Å². The summed E-state index contributed by atoms with van der Waals surface area (Å²) in [4.78, 5) is 25.4. The van der Waals surface area contributed by atoms with Gasteiger partial charge in [0.25, 0.3) is 5.56 Å². The maximum Gasteiger partial charge on any atom is 0.255 e. The minimum Gasteiger partial charge on any atom is -0.366 e. The molecule has 4 nitrogen and oxygen atoms in total. The van der Waals surface area contributed by atoms with Crippen LogP contribution in [-0.4, -0.2) is 10.9 Å². The first-order valence-corrected chi connectivity index (χ1v) is 4.77. The molecule has 0 fully saturated rings. The number of H-pyrrole nitrogens is 1. The van der Waals surface area contributed by atoms with Crippen molar-refractivity contribution in [3.63, 3.8) is 0 Å². The molecule has 4 heteroatoms. The maximum absolute atomic E-state index is 11.6. The van der Waals surface area contributed by atoms with Crippen LogP contribution >= 0.6 is 0 Å². The summed E-state index contributed by atoms with van der Waals surface area (Å²) in [5, 5.41) is 0. The molecule has 0 saturated carbocycles. The van der Waals surface area contributed by atoms with Gasteiger partial charge in [-0.1, -0.05) is 18.2 Å². The molecule has 1 heterocycles. The second kappa shape index (κ2) is 4.02. The van der Waals surface area contributed by atoms with Crippen LogP contribution < -0.4 is 11.3 Å². The summed E-state index contributed by atoms with van der Waals surface area (Å²) >= 11 is 0. The number of benzene rings is 1. The van der Waals surface area contributed by atoms with Crippen molar-refractivity contribution >= 4 is 5.91 Å². The molecule has 1 aromatic carbocycles. The van der Waals surface area contributed by atoms with Gasteiger partial charge in [0.15, 0.2) is 0 Å². The van der Waals surface area contributed by atoms with Crippen molar-refractivity contribution < 1.29 is 4.79 Å². The van der Waals surface area contributed by atoms with Crippen molar-refractivity contribution in [3.05, 3.63) is 58.5 Å². The average molecular weight is 214 g/mol. The van der Waals surface area contributed by atoms with E-state index >= 15 is 0 Å². The highest BCUT2D eigenvalue weighted by atomic mass is 16.1. The van der Waals surface area contributed by atoms with Gasteiger partial charge in [0.2, 0.25) is 5.91 Å². The Balaban J connectivity index is 2.70. The molecule has 0 saturated heterocycles. The summed E-state index contributed by atoms with van der Waals surface area (Å²) < 4.78 is 0. The van der Waals surface area contributed by atoms with E-state index in [1.54, 1.807) is 42.6 Å². The molecular formula is C12H10N2O2. The summed E-state index contributed by atoms with van der Waals surface area (Å²) in [7, 11) is 0. The molecule has 16 heavy (non-hydrogen) atoms. The van der Waals surface area contributed by atoms with Gasteiger partial charge < -0.3 is 10.7 Å². The Labute approximate surface area is 91.7 Å². The molecule has 0 aliphatic heterocycles. The third kappa shape index (κ3) is 1.72. The van der Waals surface area contributed by atoms with E-state index in [9.17, 15) is 9.59 Å². The molecular weight excluding hydrogens is 204 g/mol. The van der Waals surface area contributed by atoms with Crippen molar-refractivity contribution in [1.29, 1.82) is 0 Å². The molecule has 2 aromatic rings. The van der Waals surface area contributed by atoms with E-state index in [4.69, 9.17) is 5.73 Å². The largest absolute Gasteiger partial charge is 0.366 e. The number of pyridine rings is 1. The minimum atomic E-state index is -0.543. The molecule has 0 spiro atoms. The number of carbonyl (C=O) groups is 1. The lowest BCUT2D eigenvalue weighted by atomic mass is 10.0. The van der Waals surface area contributed by atoms with E-state index in [1.165, 1.54) is 0 Å². The Hall–Kier alpha value is -2.36. The van der Waals surface area contributed by atoms with Crippen LogP contribution in [0.25, 0.3) is 11.1 Å². The zero-order valence-corrected chi connectivity index (χ0v) is 8.44. The van der Waals surface area contributed by atoms with Gasteiger partial charge in [0.05, 0.1) is 0 Å². The van der Waals surface area contributed by atoms with Crippen molar-refractivity contribution in [3.8, 4) is 11.1 Å². The SMILES string of the molecule is NC(=O)c1ccccc1-c1ccc[nH]c1=O. The van der Waals surface area contributed by atoms with Crippen LogP contribution in [0.4, 0.5) is 0 Å².